The number of hydrogen-bond donors (Lipinski definition) is 1. The van der Waals surface area contributed by atoms with Crippen LogP contribution in [0.4, 0.5) is 5.95 Å². The first-order valence-corrected chi connectivity index (χ1v) is 6.63. The molecule has 1 aromatic rings. The lowest BCUT2D eigenvalue weighted by Crippen LogP contribution is -2.30. The summed E-state index contributed by atoms with van der Waals surface area (Å²) in [7, 11) is 0. The van der Waals surface area contributed by atoms with Crippen molar-refractivity contribution < 1.29 is 0 Å². The molecule has 1 aliphatic rings. The number of aromatic nitrogens is 2. The molecule has 2 rings (SSSR count). The summed E-state index contributed by atoms with van der Waals surface area (Å²) < 4.78 is 0.416. The van der Waals surface area contributed by atoms with Crippen molar-refractivity contribution in [1.29, 1.82) is 0 Å². The Morgan fingerprint density at radius 3 is 2.60 bits per heavy atom. The Labute approximate surface area is 95.1 Å². The standard InChI is InChI=1S/C11H17N3S/c1-15-11(5-2-3-6-11)9-14-10-12-7-4-8-13-10/h4,7-8H,2-3,5-6,9H2,1H3,(H,12,13,14). The van der Waals surface area contributed by atoms with Gasteiger partial charge in [-0.05, 0) is 25.2 Å². The van der Waals surface area contributed by atoms with Crippen LogP contribution >= 0.6 is 11.8 Å². The largest absolute Gasteiger partial charge is 0.353 e. The van der Waals surface area contributed by atoms with E-state index in [2.05, 4.69) is 21.5 Å². The molecule has 1 N–H and O–H groups in total. The normalized spacial score (nSPS) is 19.0. The lowest BCUT2D eigenvalue weighted by Gasteiger charge is -2.26. The smallest absolute Gasteiger partial charge is 0.222 e. The fourth-order valence-corrected chi connectivity index (χ4v) is 3.02. The van der Waals surface area contributed by atoms with Gasteiger partial charge in [-0.3, -0.25) is 0 Å². The summed E-state index contributed by atoms with van der Waals surface area (Å²) in [6.07, 6.45) is 11.1. The minimum atomic E-state index is 0.416. The molecule has 0 amide bonds. The van der Waals surface area contributed by atoms with Gasteiger partial charge in [0.2, 0.25) is 5.95 Å². The van der Waals surface area contributed by atoms with E-state index in [4.69, 9.17) is 0 Å². The second kappa shape index (κ2) is 4.84. The Bertz CT molecular complexity index is 296. The molecule has 1 saturated carbocycles. The Morgan fingerprint density at radius 1 is 1.33 bits per heavy atom. The first kappa shape index (κ1) is 10.7. The number of nitrogens with zero attached hydrogens (tertiary/aromatic N) is 2. The van der Waals surface area contributed by atoms with Gasteiger partial charge < -0.3 is 5.32 Å². The zero-order valence-electron chi connectivity index (χ0n) is 9.07. The van der Waals surface area contributed by atoms with E-state index in [1.165, 1.54) is 25.7 Å². The predicted molar refractivity (Wildman–Crippen MR) is 65.2 cm³/mol. The van der Waals surface area contributed by atoms with Gasteiger partial charge in [0.15, 0.2) is 0 Å². The molecule has 1 fully saturated rings. The molecule has 82 valence electrons. The molecule has 0 bridgehead atoms. The van der Waals surface area contributed by atoms with E-state index < -0.39 is 0 Å². The van der Waals surface area contributed by atoms with E-state index in [1.54, 1.807) is 12.4 Å². The van der Waals surface area contributed by atoms with Crippen molar-refractivity contribution in [2.75, 3.05) is 18.1 Å². The van der Waals surface area contributed by atoms with E-state index in [-0.39, 0.29) is 0 Å². The van der Waals surface area contributed by atoms with Gasteiger partial charge in [-0.25, -0.2) is 9.97 Å². The van der Waals surface area contributed by atoms with Gasteiger partial charge in [-0.2, -0.15) is 11.8 Å². The SMILES string of the molecule is CSC1(CNc2ncccn2)CCCC1. The summed E-state index contributed by atoms with van der Waals surface area (Å²) in [5.41, 5.74) is 0. The summed E-state index contributed by atoms with van der Waals surface area (Å²) in [5.74, 6) is 0.748. The predicted octanol–water partition coefficient (Wildman–Crippen LogP) is 2.56. The minimum Gasteiger partial charge on any atom is -0.353 e. The number of anilines is 1. The van der Waals surface area contributed by atoms with E-state index >= 15 is 0 Å². The van der Waals surface area contributed by atoms with Crippen LogP contribution in [0, 0.1) is 0 Å². The van der Waals surface area contributed by atoms with Crippen molar-refractivity contribution in [3.8, 4) is 0 Å². The maximum absolute atomic E-state index is 4.17. The van der Waals surface area contributed by atoms with Crippen LogP contribution in [0.1, 0.15) is 25.7 Å². The quantitative estimate of drug-likeness (QED) is 0.851. The third-order valence-corrected chi connectivity index (χ3v) is 4.50. The second-order valence-corrected chi connectivity index (χ2v) is 5.29. The Kier molecular flexibility index (Phi) is 3.46. The van der Waals surface area contributed by atoms with Gasteiger partial charge in [-0.1, -0.05) is 12.8 Å². The van der Waals surface area contributed by atoms with Gasteiger partial charge in [0.25, 0.3) is 0 Å². The molecule has 0 unspecified atom stereocenters. The fourth-order valence-electron chi connectivity index (χ4n) is 2.10. The Morgan fingerprint density at radius 2 is 2.00 bits per heavy atom. The average molecular weight is 223 g/mol. The molecule has 1 heterocycles. The molecule has 3 nitrogen and oxygen atoms in total. The maximum atomic E-state index is 4.17. The van der Waals surface area contributed by atoms with Gasteiger partial charge in [0, 0.05) is 23.7 Å². The zero-order chi connectivity index (χ0) is 10.6. The lowest BCUT2D eigenvalue weighted by molar-refractivity contribution is 0.637. The summed E-state index contributed by atoms with van der Waals surface area (Å²) in [6.45, 7) is 0.984. The van der Waals surface area contributed by atoms with Gasteiger partial charge in [0.05, 0.1) is 0 Å². The second-order valence-electron chi connectivity index (χ2n) is 4.02. The fraction of sp³-hybridized carbons (Fsp3) is 0.636. The third kappa shape index (κ3) is 2.62. The molecule has 0 saturated heterocycles. The Balaban J connectivity index is 1.92. The average Bonchev–Trinajstić information content (AvgIpc) is 2.77. The van der Waals surface area contributed by atoms with Crippen LogP contribution < -0.4 is 5.32 Å². The van der Waals surface area contributed by atoms with E-state index in [9.17, 15) is 0 Å². The van der Waals surface area contributed by atoms with Crippen molar-refractivity contribution in [2.45, 2.75) is 30.4 Å². The number of rotatable bonds is 4. The topological polar surface area (TPSA) is 37.8 Å². The van der Waals surface area contributed by atoms with Gasteiger partial charge in [-0.15, -0.1) is 0 Å². The van der Waals surface area contributed by atoms with Crippen LogP contribution in [0.5, 0.6) is 0 Å². The van der Waals surface area contributed by atoms with Crippen molar-refractivity contribution in [2.24, 2.45) is 0 Å². The molecule has 1 aromatic heterocycles. The van der Waals surface area contributed by atoms with Crippen molar-refractivity contribution in [1.82, 2.24) is 9.97 Å². The highest BCUT2D eigenvalue weighted by molar-refractivity contribution is 8.00. The van der Waals surface area contributed by atoms with Crippen LogP contribution in [0.15, 0.2) is 18.5 Å². The number of hydrogen-bond acceptors (Lipinski definition) is 4. The van der Waals surface area contributed by atoms with Crippen LogP contribution in [0.2, 0.25) is 0 Å². The molecule has 0 aliphatic heterocycles. The van der Waals surface area contributed by atoms with Crippen molar-refractivity contribution >= 4 is 17.7 Å². The highest BCUT2D eigenvalue weighted by Crippen LogP contribution is 2.39. The zero-order valence-corrected chi connectivity index (χ0v) is 9.89. The van der Waals surface area contributed by atoms with E-state index in [0.717, 1.165) is 12.5 Å². The molecule has 4 heteroatoms. The molecule has 0 spiro atoms. The van der Waals surface area contributed by atoms with Gasteiger partial charge in [0.1, 0.15) is 0 Å². The third-order valence-electron chi connectivity index (χ3n) is 3.08. The van der Waals surface area contributed by atoms with E-state index in [1.807, 2.05) is 17.8 Å². The first-order valence-electron chi connectivity index (χ1n) is 5.41. The molecule has 15 heavy (non-hydrogen) atoms. The molecular weight excluding hydrogens is 206 g/mol. The van der Waals surface area contributed by atoms with Crippen LogP contribution in [-0.4, -0.2) is 27.5 Å². The summed E-state index contributed by atoms with van der Waals surface area (Å²) >= 11 is 1.98. The minimum absolute atomic E-state index is 0.416. The molecular formula is C11H17N3S. The monoisotopic (exact) mass is 223 g/mol. The number of thioether (sulfide) groups is 1. The summed E-state index contributed by atoms with van der Waals surface area (Å²) in [5, 5.41) is 3.34. The summed E-state index contributed by atoms with van der Waals surface area (Å²) in [4.78, 5) is 8.35. The Hall–Kier alpha value is -0.770. The van der Waals surface area contributed by atoms with Crippen LogP contribution in [0.25, 0.3) is 0 Å². The number of nitrogens with one attached hydrogen (secondary N) is 1. The molecule has 0 aromatic carbocycles. The van der Waals surface area contributed by atoms with E-state index in [0.29, 0.717) is 4.75 Å². The highest BCUT2D eigenvalue weighted by Gasteiger charge is 2.32. The highest BCUT2D eigenvalue weighted by atomic mass is 32.2. The summed E-state index contributed by atoms with van der Waals surface area (Å²) in [6, 6.07) is 1.84. The molecule has 1 aliphatic carbocycles. The maximum Gasteiger partial charge on any atom is 0.222 e. The van der Waals surface area contributed by atoms with Crippen molar-refractivity contribution in [3.05, 3.63) is 18.5 Å². The van der Waals surface area contributed by atoms with Gasteiger partial charge >= 0.3 is 0 Å². The lowest BCUT2D eigenvalue weighted by atomic mass is 10.1. The van der Waals surface area contributed by atoms with Crippen LogP contribution in [0.3, 0.4) is 0 Å². The molecule has 0 atom stereocenters. The first-order chi connectivity index (χ1) is 7.35. The van der Waals surface area contributed by atoms with Crippen LogP contribution in [-0.2, 0) is 0 Å². The molecule has 0 radical (unpaired) electrons. The van der Waals surface area contributed by atoms with Crippen molar-refractivity contribution in [3.63, 3.8) is 0 Å².